The minimum atomic E-state index is 0.531. The summed E-state index contributed by atoms with van der Waals surface area (Å²) in [6.45, 7) is 6.82. The molecule has 0 atom stereocenters. The molecule has 0 aromatic carbocycles. The number of nitrogens with zero attached hydrogens (tertiary/aromatic N) is 2. The molecule has 0 aliphatic heterocycles. The van der Waals surface area contributed by atoms with Crippen LogP contribution in [0.1, 0.15) is 50.3 Å². The van der Waals surface area contributed by atoms with E-state index in [4.69, 9.17) is 4.74 Å². The Hall–Kier alpha value is -1.16. The monoisotopic (exact) mass is 263 g/mol. The number of aromatic nitrogens is 2. The van der Waals surface area contributed by atoms with Crippen molar-refractivity contribution in [2.75, 3.05) is 13.2 Å². The maximum atomic E-state index is 5.71. The third kappa shape index (κ3) is 4.46. The van der Waals surface area contributed by atoms with Gasteiger partial charge in [0, 0.05) is 24.0 Å². The Balaban J connectivity index is 1.83. The summed E-state index contributed by atoms with van der Waals surface area (Å²) in [7, 11) is 0. The number of aryl methyl sites for hydroxylation is 1. The lowest BCUT2D eigenvalue weighted by molar-refractivity contribution is 0.233. The lowest BCUT2D eigenvalue weighted by Crippen LogP contribution is -2.16. The van der Waals surface area contributed by atoms with Crippen LogP contribution in [0.5, 0.6) is 6.01 Å². The molecule has 1 aromatic heterocycles. The lowest BCUT2D eigenvalue weighted by Gasteiger charge is -2.11. The van der Waals surface area contributed by atoms with Crippen LogP contribution in [0.3, 0.4) is 0 Å². The highest BCUT2D eigenvalue weighted by Crippen LogP contribution is 2.25. The van der Waals surface area contributed by atoms with Crippen molar-refractivity contribution in [1.29, 1.82) is 0 Å². The Morgan fingerprint density at radius 2 is 2.16 bits per heavy atom. The molecule has 1 aliphatic carbocycles. The Labute approximate surface area is 116 Å². The summed E-state index contributed by atoms with van der Waals surface area (Å²) in [5.41, 5.74) is 2.17. The number of ether oxygens (including phenoxy) is 1. The van der Waals surface area contributed by atoms with Crippen molar-refractivity contribution in [2.45, 2.75) is 52.5 Å². The molecule has 1 fully saturated rings. The van der Waals surface area contributed by atoms with Gasteiger partial charge in [0.15, 0.2) is 0 Å². The van der Waals surface area contributed by atoms with Gasteiger partial charge in [-0.15, -0.1) is 0 Å². The quantitative estimate of drug-likeness (QED) is 0.768. The molecule has 4 heteroatoms. The third-order valence-electron chi connectivity index (χ3n) is 3.72. The van der Waals surface area contributed by atoms with Crippen LogP contribution < -0.4 is 10.1 Å². The Morgan fingerprint density at radius 1 is 1.37 bits per heavy atom. The van der Waals surface area contributed by atoms with Crippen LogP contribution in [0.15, 0.2) is 6.20 Å². The van der Waals surface area contributed by atoms with Crippen molar-refractivity contribution in [1.82, 2.24) is 15.3 Å². The van der Waals surface area contributed by atoms with E-state index in [2.05, 4.69) is 22.2 Å². The molecule has 106 valence electrons. The Kier molecular flexibility index (Phi) is 5.58. The van der Waals surface area contributed by atoms with E-state index in [1.165, 1.54) is 25.7 Å². The predicted molar refractivity (Wildman–Crippen MR) is 76.2 cm³/mol. The van der Waals surface area contributed by atoms with Crippen molar-refractivity contribution >= 4 is 0 Å². The molecular formula is C15H25N3O. The highest BCUT2D eigenvalue weighted by atomic mass is 16.5. The van der Waals surface area contributed by atoms with E-state index < -0.39 is 0 Å². The van der Waals surface area contributed by atoms with Crippen molar-refractivity contribution in [3.8, 4) is 6.01 Å². The van der Waals surface area contributed by atoms with Crippen molar-refractivity contribution in [3.05, 3.63) is 17.5 Å². The average molecular weight is 263 g/mol. The van der Waals surface area contributed by atoms with Crippen LogP contribution in [0.25, 0.3) is 0 Å². The molecule has 1 aromatic rings. The zero-order chi connectivity index (χ0) is 13.5. The van der Waals surface area contributed by atoms with Crippen molar-refractivity contribution in [2.24, 2.45) is 5.92 Å². The molecular weight excluding hydrogens is 238 g/mol. The largest absolute Gasteiger partial charge is 0.463 e. The molecule has 1 saturated carbocycles. The second-order valence-corrected chi connectivity index (χ2v) is 5.40. The molecule has 1 N–H and O–H groups in total. The Bertz CT molecular complexity index is 389. The first-order chi connectivity index (χ1) is 9.29. The fraction of sp³-hybridized carbons (Fsp3) is 0.733. The van der Waals surface area contributed by atoms with Gasteiger partial charge in [-0.3, -0.25) is 0 Å². The molecule has 0 unspecified atom stereocenters. The van der Waals surface area contributed by atoms with E-state index in [1.807, 2.05) is 13.1 Å². The molecule has 1 heterocycles. The van der Waals surface area contributed by atoms with Gasteiger partial charge in [-0.05, 0) is 38.6 Å². The zero-order valence-corrected chi connectivity index (χ0v) is 12.1. The molecule has 2 rings (SSSR count). The summed E-state index contributed by atoms with van der Waals surface area (Å²) in [5.74, 6) is 0.704. The molecule has 1 aliphatic rings. The molecule has 0 amide bonds. The second kappa shape index (κ2) is 7.43. The number of nitrogens with one attached hydrogen (secondary N) is 1. The summed E-state index contributed by atoms with van der Waals surface area (Å²) >= 11 is 0. The van der Waals surface area contributed by atoms with E-state index in [-0.39, 0.29) is 0 Å². The molecule has 0 spiro atoms. The summed E-state index contributed by atoms with van der Waals surface area (Å²) in [4.78, 5) is 8.75. The molecule has 0 bridgehead atoms. The van der Waals surface area contributed by atoms with Gasteiger partial charge in [-0.2, -0.15) is 0 Å². The predicted octanol–water partition coefficient (Wildman–Crippen LogP) is 2.85. The minimum Gasteiger partial charge on any atom is -0.463 e. The number of hydrogen-bond acceptors (Lipinski definition) is 4. The SMILES string of the molecule is CCCNCc1cnc(OCC2CCCC2)nc1C. The zero-order valence-electron chi connectivity index (χ0n) is 12.1. The first-order valence-corrected chi connectivity index (χ1v) is 7.45. The van der Waals surface area contributed by atoms with Gasteiger partial charge in [0.1, 0.15) is 0 Å². The molecule has 0 radical (unpaired) electrons. The van der Waals surface area contributed by atoms with E-state index in [9.17, 15) is 0 Å². The van der Waals surface area contributed by atoms with E-state index in [0.29, 0.717) is 11.9 Å². The van der Waals surface area contributed by atoms with Gasteiger partial charge >= 0.3 is 6.01 Å². The standard InChI is InChI=1S/C15H25N3O/c1-3-8-16-9-14-10-17-15(18-12(14)2)19-11-13-6-4-5-7-13/h10,13,16H,3-9,11H2,1-2H3. The third-order valence-corrected chi connectivity index (χ3v) is 3.72. The van der Waals surface area contributed by atoms with Crippen molar-refractivity contribution < 1.29 is 4.74 Å². The van der Waals surface area contributed by atoms with E-state index >= 15 is 0 Å². The van der Waals surface area contributed by atoms with Gasteiger partial charge in [0.25, 0.3) is 0 Å². The first-order valence-electron chi connectivity index (χ1n) is 7.45. The first kappa shape index (κ1) is 14.3. The van der Waals surface area contributed by atoms with Crippen LogP contribution in [0.4, 0.5) is 0 Å². The van der Waals surface area contributed by atoms with Gasteiger partial charge in [-0.25, -0.2) is 9.97 Å². The minimum absolute atomic E-state index is 0.531. The van der Waals surface area contributed by atoms with Crippen LogP contribution in [-0.4, -0.2) is 23.1 Å². The Morgan fingerprint density at radius 3 is 2.84 bits per heavy atom. The molecule has 19 heavy (non-hydrogen) atoms. The highest BCUT2D eigenvalue weighted by Gasteiger charge is 2.16. The summed E-state index contributed by atoms with van der Waals surface area (Å²) in [6.07, 6.45) is 8.29. The molecule has 4 nitrogen and oxygen atoms in total. The summed E-state index contributed by atoms with van der Waals surface area (Å²) in [5, 5.41) is 3.37. The smallest absolute Gasteiger partial charge is 0.316 e. The fourth-order valence-electron chi connectivity index (χ4n) is 2.48. The van der Waals surface area contributed by atoms with Gasteiger partial charge in [0.05, 0.1) is 6.61 Å². The topological polar surface area (TPSA) is 47.0 Å². The van der Waals surface area contributed by atoms with Crippen LogP contribution in [-0.2, 0) is 6.54 Å². The lowest BCUT2D eigenvalue weighted by atomic mass is 10.1. The van der Waals surface area contributed by atoms with Crippen LogP contribution >= 0.6 is 0 Å². The van der Waals surface area contributed by atoms with E-state index in [1.54, 1.807) is 0 Å². The van der Waals surface area contributed by atoms with Gasteiger partial charge in [-0.1, -0.05) is 19.8 Å². The number of rotatable bonds is 7. The average Bonchev–Trinajstić information content (AvgIpc) is 2.92. The number of hydrogen-bond donors (Lipinski definition) is 1. The summed E-state index contributed by atoms with van der Waals surface area (Å²) < 4.78 is 5.71. The molecule has 0 saturated heterocycles. The van der Waals surface area contributed by atoms with Crippen LogP contribution in [0.2, 0.25) is 0 Å². The van der Waals surface area contributed by atoms with Crippen LogP contribution in [0, 0.1) is 12.8 Å². The maximum Gasteiger partial charge on any atom is 0.316 e. The van der Waals surface area contributed by atoms with Gasteiger partial charge in [0.2, 0.25) is 0 Å². The highest BCUT2D eigenvalue weighted by molar-refractivity contribution is 5.17. The van der Waals surface area contributed by atoms with Crippen molar-refractivity contribution in [3.63, 3.8) is 0 Å². The summed E-state index contributed by atoms with van der Waals surface area (Å²) in [6, 6.07) is 0.531. The second-order valence-electron chi connectivity index (χ2n) is 5.40. The maximum absolute atomic E-state index is 5.71. The fourth-order valence-corrected chi connectivity index (χ4v) is 2.48. The van der Waals surface area contributed by atoms with E-state index in [0.717, 1.165) is 37.4 Å². The van der Waals surface area contributed by atoms with Gasteiger partial charge < -0.3 is 10.1 Å². The normalized spacial score (nSPS) is 15.9.